The first kappa shape index (κ1) is 20.0. The smallest absolute Gasteiger partial charge is 0.257 e. The van der Waals surface area contributed by atoms with Crippen LogP contribution >= 0.6 is 11.6 Å². The zero-order valence-electron chi connectivity index (χ0n) is 16.0. The molecular formula is C20H28ClN3O3. The molecule has 1 N–H and O–H groups in total. The third kappa shape index (κ3) is 4.93. The number of phenols is 1. The first-order valence-electron chi connectivity index (χ1n) is 9.61. The molecule has 2 atom stereocenters. The summed E-state index contributed by atoms with van der Waals surface area (Å²) < 4.78 is 0. The van der Waals surface area contributed by atoms with E-state index in [-0.39, 0.29) is 23.1 Å². The van der Waals surface area contributed by atoms with Crippen LogP contribution in [-0.4, -0.2) is 77.4 Å². The molecule has 1 aromatic carbocycles. The van der Waals surface area contributed by atoms with E-state index in [0.717, 1.165) is 13.1 Å². The first-order chi connectivity index (χ1) is 12.8. The van der Waals surface area contributed by atoms with Crippen molar-refractivity contribution in [1.82, 2.24) is 14.7 Å². The summed E-state index contributed by atoms with van der Waals surface area (Å²) in [6.45, 7) is 8.86. The van der Waals surface area contributed by atoms with E-state index in [1.54, 1.807) is 11.0 Å². The van der Waals surface area contributed by atoms with E-state index in [2.05, 4.69) is 18.7 Å². The second kappa shape index (κ2) is 8.48. The summed E-state index contributed by atoms with van der Waals surface area (Å²) in [5.74, 6) is 1.01. The van der Waals surface area contributed by atoms with Crippen molar-refractivity contribution in [2.75, 3.05) is 45.8 Å². The van der Waals surface area contributed by atoms with Crippen LogP contribution in [0.15, 0.2) is 18.2 Å². The largest absolute Gasteiger partial charge is 0.507 e. The number of carbonyl (C=O) groups excluding carboxylic acids is 2. The topological polar surface area (TPSA) is 64.1 Å². The van der Waals surface area contributed by atoms with Gasteiger partial charge in [-0.25, -0.2) is 0 Å². The maximum Gasteiger partial charge on any atom is 0.257 e. The van der Waals surface area contributed by atoms with Crippen molar-refractivity contribution >= 4 is 23.4 Å². The highest BCUT2D eigenvalue weighted by atomic mass is 35.5. The number of carbonyl (C=O) groups is 2. The van der Waals surface area contributed by atoms with Crippen LogP contribution in [0.2, 0.25) is 5.02 Å². The van der Waals surface area contributed by atoms with E-state index < -0.39 is 0 Å². The van der Waals surface area contributed by atoms with Crippen molar-refractivity contribution in [2.24, 2.45) is 11.8 Å². The molecule has 0 radical (unpaired) electrons. The van der Waals surface area contributed by atoms with E-state index in [0.29, 0.717) is 49.6 Å². The van der Waals surface area contributed by atoms with E-state index in [1.807, 2.05) is 4.90 Å². The maximum atomic E-state index is 12.6. The Morgan fingerprint density at radius 3 is 2.33 bits per heavy atom. The standard InChI is InChI=1S/C20H28ClN3O3/c1-14-9-15(2)12-24(11-14)19(26)13-22-5-7-23(8-6-22)20(27)17-10-16(21)3-4-18(17)25/h3-4,10,14-15,25H,5-9,11-13H2,1-2H3. The highest BCUT2D eigenvalue weighted by Crippen LogP contribution is 2.24. The van der Waals surface area contributed by atoms with Crippen LogP contribution < -0.4 is 0 Å². The highest BCUT2D eigenvalue weighted by Gasteiger charge is 2.29. The number of hydrogen-bond donors (Lipinski definition) is 1. The van der Waals surface area contributed by atoms with Crippen LogP contribution in [0.4, 0.5) is 0 Å². The van der Waals surface area contributed by atoms with Crippen molar-refractivity contribution < 1.29 is 14.7 Å². The van der Waals surface area contributed by atoms with Gasteiger partial charge in [-0.05, 0) is 36.5 Å². The average molecular weight is 394 g/mol. The van der Waals surface area contributed by atoms with Crippen molar-refractivity contribution in [1.29, 1.82) is 0 Å². The second-order valence-corrected chi connectivity index (χ2v) is 8.41. The molecule has 2 heterocycles. The van der Waals surface area contributed by atoms with Crippen LogP contribution in [0.1, 0.15) is 30.6 Å². The lowest BCUT2D eigenvalue weighted by atomic mass is 9.92. The number of nitrogens with zero attached hydrogens (tertiary/aromatic N) is 3. The number of hydrogen-bond acceptors (Lipinski definition) is 4. The van der Waals surface area contributed by atoms with Crippen molar-refractivity contribution in [3.8, 4) is 5.75 Å². The van der Waals surface area contributed by atoms with Gasteiger partial charge in [-0.15, -0.1) is 0 Å². The number of aromatic hydroxyl groups is 1. The fraction of sp³-hybridized carbons (Fsp3) is 0.600. The van der Waals surface area contributed by atoms with E-state index in [9.17, 15) is 14.7 Å². The molecule has 3 rings (SSSR count). The third-order valence-electron chi connectivity index (χ3n) is 5.43. The summed E-state index contributed by atoms with van der Waals surface area (Å²) in [5, 5.41) is 10.3. The van der Waals surface area contributed by atoms with Crippen LogP contribution in [0.5, 0.6) is 5.75 Å². The van der Waals surface area contributed by atoms with Crippen LogP contribution in [0, 0.1) is 11.8 Å². The molecule has 27 heavy (non-hydrogen) atoms. The number of benzene rings is 1. The fourth-order valence-electron chi connectivity index (χ4n) is 4.12. The highest BCUT2D eigenvalue weighted by molar-refractivity contribution is 6.31. The van der Waals surface area contributed by atoms with E-state index in [4.69, 9.17) is 11.6 Å². The molecule has 2 aliphatic rings. The van der Waals surface area contributed by atoms with Crippen LogP contribution in [0.3, 0.4) is 0 Å². The molecule has 6 nitrogen and oxygen atoms in total. The Bertz CT molecular complexity index is 694. The fourth-order valence-corrected chi connectivity index (χ4v) is 4.29. The quantitative estimate of drug-likeness (QED) is 0.855. The van der Waals surface area contributed by atoms with E-state index >= 15 is 0 Å². The van der Waals surface area contributed by atoms with Gasteiger partial charge in [-0.1, -0.05) is 25.4 Å². The van der Waals surface area contributed by atoms with Gasteiger partial charge in [-0.2, -0.15) is 0 Å². The number of piperidine rings is 1. The number of likely N-dealkylation sites (tertiary alicyclic amines) is 1. The number of piperazine rings is 1. The Hall–Kier alpha value is -1.79. The molecule has 2 fully saturated rings. The molecule has 2 amide bonds. The summed E-state index contributed by atoms with van der Waals surface area (Å²) >= 11 is 5.94. The minimum Gasteiger partial charge on any atom is -0.507 e. The summed E-state index contributed by atoms with van der Waals surface area (Å²) in [6.07, 6.45) is 1.18. The van der Waals surface area contributed by atoms with Gasteiger partial charge in [0.05, 0.1) is 12.1 Å². The van der Waals surface area contributed by atoms with Gasteiger partial charge >= 0.3 is 0 Å². The molecule has 0 saturated carbocycles. The lowest BCUT2D eigenvalue weighted by Gasteiger charge is -2.38. The minimum atomic E-state index is -0.223. The van der Waals surface area contributed by atoms with Crippen molar-refractivity contribution in [3.63, 3.8) is 0 Å². The van der Waals surface area contributed by atoms with Gasteiger partial charge < -0.3 is 14.9 Å². The molecule has 0 aromatic heterocycles. The normalized spacial score (nSPS) is 24.1. The average Bonchev–Trinajstić information content (AvgIpc) is 2.63. The molecular weight excluding hydrogens is 366 g/mol. The number of halogens is 1. The zero-order valence-corrected chi connectivity index (χ0v) is 16.8. The molecule has 2 unspecified atom stereocenters. The minimum absolute atomic E-state index is 0.0599. The van der Waals surface area contributed by atoms with E-state index in [1.165, 1.54) is 18.6 Å². The maximum absolute atomic E-state index is 12.6. The Balaban J connectivity index is 1.52. The van der Waals surface area contributed by atoms with Crippen LogP contribution in [0.25, 0.3) is 0 Å². The Kier molecular flexibility index (Phi) is 6.27. The molecule has 7 heteroatoms. The van der Waals surface area contributed by atoms with Crippen molar-refractivity contribution in [3.05, 3.63) is 28.8 Å². The summed E-state index contributed by atoms with van der Waals surface area (Å²) in [6, 6.07) is 4.48. The number of rotatable bonds is 3. The van der Waals surface area contributed by atoms with Gasteiger partial charge in [0.15, 0.2) is 0 Å². The molecule has 2 aliphatic heterocycles. The number of amides is 2. The monoisotopic (exact) mass is 393 g/mol. The third-order valence-corrected chi connectivity index (χ3v) is 5.66. The summed E-state index contributed by atoms with van der Waals surface area (Å²) in [5.41, 5.74) is 0.225. The lowest BCUT2D eigenvalue weighted by Crippen LogP contribution is -2.53. The van der Waals surface area contributed by atoms with Crippen molar-refractivity contribution in [2.45, 2.75) is 20.3 Å². The predicted octanol–water partition coefficient (Wildman–Crippen LogP) is 2.31. The molecule has 0 aliphatic carbocycles. The number of phenolic OH excluding ortho intramolecular Hbond substituents is 1. The zero-order chi connectivity index (χ0) is 19.6. The lowest BCUT2D eigenvalue weighted by molar-refractivity contribution is -0.135. The molecule has 148 valence electrons. The van der Waals surface area contributed by atoms with Gasteiger partial charge in [0.2, 0.25) is 5.91 Å². The predicted molar refractivity (Wildman–Crippen MR) is 105 cm³/mol. The first-order valence-corrected chi connectivity index (χ1v) is 9.99. The van der Waals surface area contributed by atoms with Gasteiger partial charge in [0, 0.05) is 44.3 Å². The second-order valence-electron chi connectivity index (χ2n) is 7.97. The molecule has 1 aromatic rings. The SMILES string of the molecule is CC1CC(C)CN(C(=O)CN2CCN(C(=O)c3cc(Cl)ccc3O)CC2)C1. The molecule has 0 spiro atoms. The molecule has 0 bridgehead atoms. The Morgan fingerprint density at radius 2 is 1.70 bits per heavy atom. The molecule has 2 saturated heterocycles. The summed E-state index contributed by atoms with van der Waals surface area (Å²) in [7, 11) is 0. The van der Waals surface area contributed by atoms with Crippen LogP contribution in [-0.2, 0) is 4.79 Å². The van der Waals surface area contributed by atoms with Gasteiger partial charge in [-0.3, -0.25) is 14.5 Å². The summed E-state index contributed by atoms with van der Waals surface area (Å²) in [4.78, 5) is 31.1. The van der Waals surface area contributed by atoms with Gasteiger partial charge in [0.25, 0.3) is 5.91 Å². The Morgan fingerprint density at radius 1 is 1.07 bits per heavy atom. The van der Waals surface area contributed by atoms with Gasteiger partial charge in [0.1, 0.15) is 5.75 Å². The Labute approximate surface area is 165 Å².